The summed E-state index contributed by atoms with van der Waals surface area (Å²) in [4.78, 5) is 16.2. The molecule has 1 atom stereocenters. The van der Waals surface area contributed by atoms with Gasteiger partial charge >= 0.3 is 0 Å². The molecule has 162 valence electrons. The van der Waals surface area contributed by atoms with Gasteiger partial charge in [0.15, 0.2) is 5.82 Å². The van der Waals surface area contributed by atoms with Crippen molar-refractivity contribution in [3.8, 4) is 0 Å². The Morgan fingerprint density at radius 1 is 1.06 bits per heavy atom. The fourth-order valence-corrected chi connectivity index (χ4v) is 4.23. The largest absolute Gasteiger partial charge is 0.378 e. The molecule has 0 bridgehead atoms. The van der Waals surface area contributed by atoms with E-state index < -0.39 is 0 Å². The number of aromatic nitrogens is 3. The van der Waals surface area contributed by atoms with Gasteiger partial charge in [-0.3, -0.25) is 4.98 Å². The molecule has 1 aliphatic carbocycles. The van der Waals surface area contributed by atoms with E-state index in [1.165, 1.54) is 11.1 Å². The van der Waals surface area contributed by atoms with Crippen LogP contribution in [0.15, 0.2) is 67.6 Å². The molecule has 0 saturated carbocycles. The first-order valence-corrected chi connectivity index (χ1v) is 11.0. The van der Waals surface area contributed by atoms with E-state index in [1.54, 1.807) is 0 Å². The molecule has 2 aromatic heterocycles. The van der Waals surface area contributed by atoms with Gasteiger partial charge in [-0.05, 0) is 24.1 Å². The number of fused-ring (bicyclic) bond motifs is 1. The minimum absolute atomic E-state index is 0.126. The fourth-order valence-electron chi connectivity index (χ4n) is 4.23. The van der Waals surface area contributed by atoms with Crippen molar-refractivity contribution in [2.24, 2.45) is 0 Å². The topological polar surface area (TPSA) is 63.2 Å². The fraction of sp³-hybridized carbons (Fsp3) is 0.269. The maximum Gasteiger partial charge on any atom is 0.174 e. The van der Waals surface area contributed by atoms with Gasteiger partial charge < -0.3 is 15.0 Å². The van der Waals surface area contributed by atoms with E-state index in [0.29, 0.717) is 11.5 Å². The average molecular weight is 426 g/mol. The lowest BCUT2D eigenvalue weighted by molar-refractivity contribution is 0.122. The maximum atomic E-state index is 5.48. The predicted molar refractivity (Wildman–Crippen MR) is 127 cm³/mol. The van der Waals surface area contributed by atoms with Crippen molar-refractivity contribution in [2.45, 2.75) is 19.4 Å². The molecular formula is C26H27N5O. The molecule has 1 aliphatic heterocycles. The number of pyridine rings is 1. The van der Waals surface area contributed by atoms with Crippen LogP contribution in [0.3, 0.4) is 0 Å². The Kier molecular flexibility index (Phi) is 5.69. The van der Waals surface area contributed by atoms with Gasteiger partial charge in [-0.25, -0.2) is 9.97 Å². The molecule has 5 rings (SSSR count). The normalized spacial score (nSPS) is 16.3. The number of ether oxygens (including phenoxy) is 1. The number of anilines is 1. The van der Waals surface area contributed by atoms with Crippen LogP contribution in [0.1, 0.15) is 41.2 Å². The molecule has 6 heteroatoms. The lowest BCUT2D eigenvalue weighted by Crippen LogP contribution is -2.36. The second kappa shape index (κ2) is 8.93. The monoisotopic (exact) mass is 425 g/mol. The van der Waals surface area contributed by atoms with Gasteiger partial charge in [-0.2, -0.15) is 0 Å². The minimum Gasteiger partial charge on any atom is -0.378 e. The third-order valence-electron chi connectivity index (χ3n) is 6.04. The number of nitrogens with zero attached hydrogens (tertiary/aromatic N) is 4. The second-order valence-electron chi connectivity index (χ2n) is 8.16. The molecule has 6 nitrogen and oxygen atoms in total. The van der Waals surface area contributed by atoms with E-state index in [0.717, 1.165) is 55.2 Å². The standard InChI is InChI=1S/C26H27N5O/c1-18(20-6-4-3-5-7-20)30-19(2)26-28-15-21(16-29-26)23-8-9-25-24(23)14-22(17-27-25)31-10-12-32-13-11-31/h3-8,14-18,30H,2,9-13H2,1H3/t18-/m0/s1. The van der Waals surface area contributed by atoms with E-state index in [-0.39, 0.29) is 6.04 Å². The molecule has 32 heavy (non-hydrogen) atoms. The van der Waals surface area contributed by atoms with Crippen LogP contribution in [-0.4, -0.2) is 41.3 Å². The third kappa shape index (κ3) is 4.14. The van der Waals surface area contributed by atoms with Gasteiger partial charge in [0.2, 0.25) is 0 Å². The van der Waals surface area contributed by atoms with Crippen LogP contribution >= 0.6 is 0 Å². The van der Waals surface area contributed by atoms with Crippen LogP contribution in [0.5, 0.6) is 0 Å². The molecule has 1 saturated heterocycles. The summed E-state index contributed by atoms with van der Waals surface area (Å²) in [6.45, 7) is 9.56. The van der Waals surface area contributed by atoms with Gasteiger partial charge in [0.25, 0.3) is 0 Å². The summed E-state index contributed by atoms with van der Waals surface area (Å²) < 4.78 is 5.48. The van der Waals surface area contributed by atoms with E-state index in [1.807, 2.05) is 36.8 Å². The van der Waals surface area contributed by atoms with Gasteiger partial charge in [-0.1, -0.05) is 43.0 Å². The highest BCUT2D eigenvalue weighted by Crippen LogP contribution is 2.33. The Bertz CT molecular complexity index is 1130. The predicted octanol–water partition coefficient (Wildman–Crippen LogP) is 4.02. The maximum absolute atomic E-state index is 5.48. The highest BCUT2D eigenvalue weighted by Gasteiger charge is 2.21. The first kappa shape index (κ1) is 20.4. The number of benzene rings is 1. The summed E-state index contributed by atoms with van der Waals surface area (Å²) in [5, 5.41) is 3.40. The molecule has 1 N–H and O–H groups in total. The number of hydrogen-bond acceptors (Lipinski definition) is 6. The Morgan fingerprint density at radius 2 is 1.81 bits per heavy atom. The molecule has 0 spiro atoms. The number of hydrogen-bond donors (Lipinski definition) is 1. The van der Waals surface area contributed by atoms with E-state index in [2.05, 4.69) is 58.0 Å². The molecular weight excluding hydrogens is 398 g/mol. The van der Waals surface area contributed by atoms with Gasteiger partial charge in [0.05, 0.1) is 36.5 Å². The van der Waals surface area contributed by atoms with Crippen molar-refractivity contribution >= 4 is 17.0 Å². The van der Waals surface area contributed by atoms with E-state index >= 15 is 0 Å². The van der Waals surface area contributed by atoms with Gasteiger partial charge in [-0.15, -0.1) is 0 Å². The summed E-state index contributed by atoms with van der Waals surface area (Å²) in [6.07, 6.45) is 8.78. The highest BCUT2D eigenvalue weighted by atomic mass is 16.5. The van der Waals surface area contributed by atoms with Crippen molar-refractivity contribution in [2.75, 3.05) is 31.2 Å². The van der Waals surface area contributed by atoms with Crippen LogP contribution in [0.2, 0.25) is 0 Å². The molecule has 1 fully saturated rings. The molecule has 2 aliphatic rings. The van der Waals surface area contributed by atoms with Crippen LogP contribution in [-0.2, 0) is 11.2 Å². The number of allylic oxidation sites excluding steroid dienone is 1. The van der Waals surface area contributed by atoms with Crippen LogP contribution in [0, 0.1) is 0 Å². The Balaban J connectivity index is 1.31. The first-order valence-electron chi connectivity index (χ1n) is 11.0. The third-order valence-corrected chi connectivity index (χ3v) is 6.04. The Hall–Kier alpha value is -3.51. The highest BCUT2D eigenvalue weighted by molar-refractivity contribution is 5.84. The molecule has 1 aromatic carbocycles. The summed E-state index contributed by atoms with van der Waals surface area (Å²) in [5.74, 6) is 0.607. The van der Waals surface area contributed by atoms with Gasteiger partial charge in [0, 0.05) is 49.1 Å². The number of morpholine rings is 1. The first-order chi connectivity index (χ1) is 15.7. The summed E-state index contributed by atoms with van der Waals surface area (Å²) in [5.41, 5.74) is 7.46. The van der Waals surface area contributed by atoms with E-state index in [9.17, 15) is 0 Å². The average Bonchev–Trinajstić information content (AvgIpc) is 3.28. The quantitative estimate of drug-likeness (QED) is 0.644. The van der Waals surface area contributed by atoms with Crippen molar-refractivity contribution in [3.63, 3.8) is 0 Å². The molecule has 0 unspecified atom stereocenters. The summed E-state index contributed by atoms with van der Waals surface area (Å²) in [6, 6.07) is 12.6. The number of nitrogens with one attached hydrogen (secondary N) is 1. The molecule has 3 heterocycles. The smallest absolute Gasteiger partial charge is 0.174 e. The van der Waals surface area contributed by atoms with Crippen LogP contribution in [0.4, 0.5) is 5.69 Å². The van der Waals surface area contributed by atoms with Crippen LogP contribution < -0.4 is 10.2 Å². The SMILES string of the molecule is C=C(N[C@@H](C)c1ccccc1)c1ncc(C2=CCc3ncc(N4CCOCC4)cc32)cn1. The van der Waals surface area contributed by atoms with Crippen molar-refractivity contribution < 1.29 is 4.74 Å². The lowest BCUT2D eigenvalue weighted by atomic mass is 10.0. The Morgan fingerprint density at radius 3 is 2.56 bits per heavy atom. The van der Waals surface area contributed by atoms with E-state index in [4.69, 9.17) is 9.72 Å². The zero-order valence-electron chi connectivity index (χ0n) is 18.3. The van der Waals surface area contributed by atoms with Crippen molar-refractivity contribution in [1.29, 1.82) is 0 Å². The summed E-state index contributed by atoms with van der Waals surface area (Å²) >= 11 is 0. The molecule has 0 radical (unpaired) electrons. The zero-order chi connectivity index (χ0) is 21.9. The lowest BCUT2D eigenvalue weighted by Gasteiger charge is -2.29. The molecule has 0 amide bonds. The van der Waals surface area contributed by atoms with Crippen molar-refractivity contribution in [3.05, 3.63) is 95.9 Å². The van der Waals surface area contributed by atoms with Gasteiger partial charge in [0.1, 0.15) is 0 Å². The van der Waals surface area contributed by atoms with Crippen LogP contribution in [0.25, 0.3) is 11.3 Å². The zero-order valence-corrected chi connectivity index (χ0v) is 18.3. The minimum atomic E-state index is 0.126. The molecule has 3 aromatic rings. The number of rotatable bonds is 6. The Labute approximate surface area is 188 Å². The van der Waals surface area contributed by atoms with Crippen molar-refractivity contribution in [1.82, 2.24) is 20.3 Å². The summed E-state index contributed by atoms with van der Waals surface area (Å²) in [7, 11) is 0. The second-order valence-corrected chi connectivity index (χ2v) is 8.16.